The van der Waals surface area contributed by atoms with Gasteiger partial charge in [-0.15, -0.1) is 12.4 Å². The van der Waals surface area contributed by atoms with Crippen molar-refractivity contribution < 1.29 is 9.59 Å². The number of anilines is 2. The molecule has 2 aromatic carbocycles. The van der Waals surface area contributed by atoms with Gasteiger partial charge in [-0.05, 0) is 42.7 Å². The van der Waals surface area contributed by atoms with Crippen LogP contribution in [0, 0.1) is 6.92 Å². The number of nitrogens with one attached hydrogen (secondary N) is 1. The summed E-state index contributed by atoms with van der Waals surface area (Å²) in [7, 11) is 3.41. The van der Waals surface area contributed by atoms with Crippen molar-refractivity contribution in [1.82, 2.24) is 4.90 Å². The Hall–Kier alpha value is -2.53. The molecule has 0 aliphatic heterocycles. The standard InChI is InChI=1S/C19H23N3O2.ClH/c1-13-8-10-15(12-16(13)19(24)22(2)3)21-18(23)11-9-14-6-4-5-7-17(14)20;/h4-8,10,12H,9,11,20H2,1-3H3,(H,21,23);1H. The van der Waals surface area contributed by atoms with Gasteiger partial charge >= 0.3 is 0 Å². The van der Waals surface area contributed by atoms with Crippen molar-refractivity contribution >= 4 is 35.6 Å². The van der Waals surface area contributed by atoms with Crippen LogP contribution in [0.1, 0.15) is 27.9 Å². The molecule has 2 amide bonds. The Bertz CT molecular complexity index is 760. The van der Waals surface area contributed by atoms with E-state index in [9.17, 15) is 9.59 Å². The summed E-state index contributed by atoms with van der Waals surface area (Å²) in [6, 6.07) is 12.9. The number of para-hydroxylation sites is 1. The number of aryl methyl sites for hydroxylation is 2. The molecule has 0 saturated heterocycles. The SMILES string of the molecule is Cc1ccc(NC(=O)CCc2ccccc2N)cc1C(=O)N(C)C.Cl. The second-order valence-corrected chi connectivity index (χ2v) is 5.98. The first-order valence-electron chi connectivity index (χ1n) is 7.84. The van der Waals surface area contributed by atoms with E-state index >= 15 is 0 Å². The molecule has 0 fully saturated rings. The third-order valence-corrected chi connectivity index (χ3v) is 3.83. The van der Waals surface area contributed by atoms with E-state index < -0.39 is 0 Å². The molecule has 0 unspecified atom stereocenters. The number of carbonyl (C=O) groups is 2. The van der Waals surface area contributed by atoms with Crippen molar-refractivity contribution in [2.75, 3.05) is 25.1 Å². The van der Waals surface area contributed by atoms with Gasteiger partial charge in [-0.25, -0.2) is 0 Å². The van der Waals surface area contributed by atoms with Crippen LogP contribution in [0.4, 0.5) is 11.4 Å². The second kappa shape index (κ2) is 9.08. The van der Waals surface area contributed by atoms with Crippen LogP contribution >= 0.6 is 12.4 Å². The van der Waals surface area contributed by atoms with Gasteiger partial charge in [-0.1, -0.05) is 24.3 Å². The van der Waals surface area contributed by atoms with E-state index in [1.807, 2.05) is 37.3 Å². The predicted octanol–water partition coefficient (Wildman–Crippen LogP) is 3.27. The Balaban J connectivity index is 0.00000312. The van der Waals surface area contributed by atoms with Crippen molar-refractivity contribution in [3.05, 3.63) is 59.2 Å². The summed E-state index contributed by atoms with van der Waals surface area (Å²) in [5.74, 6) is -0.189. The number of amides is 2. The third kappa shape index (κ3) is 5.50. The van der Waals surface area contributed by atoms with Gasteiger partial charge < -0.3 is 16.0 Å². The zero-order valence-corrected chi connectivity index (χ0v) is 15.5. The molecule has 5 nitrogen and oxygen atoms in total. The second-order valence-electron chi connectivity index (χ2n) is 5.98. The fraction of sp³-hybridized carbons (Fsp3) is 0.263. The quantitative estimate of drug-likeness (QED) is 0.802. The minimum Gasteiger partial charge on any atom is -0.399 e. The van der Waals surface area contributed by atoms with Crippen LogP contribution < -0.4 is 11.1 Å². The zero-order chi connectivity index (χ0) is 17.7. The maximum atomic E-state index is 12.2. The predicted molar refractivity (Wildman–Crippen MR) is 104 cm³/mol. The Labute approximate surface area is 154 Å². The summed E-state index contributed by atoms with van der Waals surface area (Å²) in [5.41, 5.74) is 9.62. The molecule has 6 heteroatoms. The largest absolute Gasteiger partial charge is 0.399 e. The van der Waals surface area contributed by atoms with Crippen molar-refractivity contribution in [2.24, 2.45) is 0 Å². The molecule has 0 atom stereocenters. The van der Waals surface area contributed by atoms with E-state index in [1.165, 1.54) is 4.90 Å². The van der Waals surface area contributed by atoms with E-state index in [1.54, 1.807) is 26.2 Å². The smallest absolute Gasteiger partial charge is 0.253 e. The molecule has 0 bridgehead atoms. The lowest BCUT2D eigenvalue weighted by Crippen LogP contribution is -2.23. The topological polar surface area (TPSA) is 75.4 Å². The van der Waals surface area contributed by atoms with Gasteiger partial charge in [0.05, 0.1) is 0 Å². The van der Waals surface area contributed by atoms with Gasteiger partial charge in [-0.3, -0.25) is 9.59 Å². The van der Waals surface area contributed by atoms with Crippen molar-refractivity contribution in [2.45, 2.75) is 19.8 Å². The van der Waals surface area contributed by atoms with Gasteiger partial charge in [0.15, 0.2) is 0 Å². The number of nitrogens with two attached hydrogens (primary N) is 1. The van der Waals surface area contributed by atoms with Crippen molar-refractivity contribution in [1.29, 1.82) is 0 Å². The molecule has 134 valence electrons. The molecular weight excluding hydrogens is 338 g/mol. The molecular formula is C19H24ClN3O2. The summed E-state index contributed by atoms with van der Waals surface area (Å²) in [5, 5.41) is 2.84. The lowest BCUT2D eigenvalue weighted by Gasteiger charge is -2.14. The first kappa shape index (κ1) is 20.5. The maximum absolute atomic E-state index is 12.2. The van der Waals surface area contributed by atoms with E-state index in [0.717, 1.165) is 11.1 Å². The molecule has 25 heavy (non-hydrogen) atoms. The Morgan fingerprint density at radius 1 is 1.12 bits per heavy atom. The molecule has 3 N–H and O–H groups in total. The third-order valence-electron chi connectivity index (χ3n) is 3.83. The number of hydrogen-bond donors (Lipinski definition) is 2. The number of nitrogens with zero attached hydrogens (tertiary/aromatic N) is 1. The summed E-state index contributed by atoms with van der Waals surface area (Å²) in [4.78, 5) is 25.8. The molecule has 0 saturated carbocycles. The van der Waals surface area contributed by atoms with Gasteiger partial charge in [0, 0.05) is 37.5 Å². The molecule has 0 aliphatic rings. The van der Waals surface area contributed by atoms with Gasteiger partial charge in [0.2, 0.25) is 5.91 Å². The minimum atomic E-state index is -0.106. The number of hydrogen-bond acceptors (Lipinski definition) is 3. The van der Waals surface area contributed by atoms with Crippen LogP contribution in [-0.4, -0.2) is 30.8 Å². The normalized spacial score (nSPS) is 9.88. The highest BCUT2D eigenvalue weighted by molar-refractivity contribution is 5.98. The van der Waals surface area contributed by atoms with Crippen molar-refractivity contribution in [3.63, 3.8) is 0 Å². The first-order valence-corrected chi connectivity index (χ1v) is 7.84. The zero-order valence-electron chi connectivity index (χ0n) is 14.7. The van der Waals surface area contributed by atoms with Crippen LogP contribution in [0.3, 0.4) is 0 Å². The maximum Gasteiger partial charge on any atom is 0.253 e. The minimum absolute atomic E-state index is 0. The monoisotopic (exact) mass is 361 g/mol. The number of rotatable bonds is 5. The van der Waals surface area contributed by atoms with Gasteiger partial charge in [0.25, 0.3) is 5.91 Å². The van der Waals surface area contributed by atoms with Crippen molar-refractivity contribution in [3.8, 4) is 0 Å². The molecule has 0 aliphatic carbocycles. The van der Waals surface area contributed by atoms with Crippen LogP contribution in [0.25, 0.3) is 0 Å². The Morgan fingerprint density at radius 3 is 2.44 bits per heavy atom. The molecule has 0 aromatic heterocycles. The van der Waals surface area contributed by atoms with Gasteiger partial charge in [0.1, 0.15) is 0 Å². The number of halogens is 1. The summed E-state index contributed by atoms with van der Waals surface area (Å²) >= 11 is 0. The van der Waals surface area contributed by atoms with E-state index in [-0.39, 0.29) is 24.2 Å². The van der Waals surface area contributed by atoms with Gasteiger partial charge in [-0.2, -0.15) is 0 Å². The molecule has 0 radical (unpaired) electrons. The van der Waals surface area contributed by atoms with E-state index in [0.29, 0.717) is 29.8 Å². The summed E-state index contributed by atoms with van der Waals surface area (Å²) in [6.45, 7) is 1.88. The van der Waals surface area contributed by atoms with E-state index in [2.05, 4.69) is 5.32 Å². The van der Waals surface area contributed by atoms with Crippen LogP contribution in [-0.2, 0) is 11.2 Å². The average molecular weight is 362 g/mol. The fourth-order valence-electron chi connectivity index (χ4n) is 2.40. The fourth-order valence-corrected chi connectivity index (χ4v) is 2.40. The number of carbonyl (C=O) groups excluding carboxylic acids is 2. The Morgan fingerprint density at radius 2 is 1.80 bits per heavy atom. The summed E-state index contributed by atoms with van der Waals surface area (Å²) in [6.07, 6.45) is 0.910. The highest BCUT2D eigenvalue weighted by atomic mass is 35.5. The molecule has 0 heterocycles. The number of nitrogen functional groups attached to an aromatic ring is 1. The average Bonchev–Trinajstić information content (AvgIpc) is 2.55. The molecule has 2 aromatic rings. The highest BCUT2D eigenvalue weighted by Crippen LogP contribution is 2.18. The van der Waals surface area contributed by atoms with Crippen LogP contribution in [0.2, 0.25) is 0 Å². The molecule has 2 rings (SSSR count). The Kier molecular flexibility index (Phi) is 7.45. The summed E-state index contributed by atoms with van der Waals surface area (Å²) < 4.78 is 0. The lowest BCUT2D eigenvalue weighted by molar-refractivity contribution is -0.116. The van der Waals surface area contributed by atoms with Crippen LogP contribution in [0.15, 0.2) is 42.5 Å². The number of benzene rings is 2. The first-order chi connectivity index (χ1) is 11.4. The molecule has 0 spiro atoms. The highest BCUT2D eigenvalue weighted by Gasteiger charge is 2.13. The van der Waals surface area contributed by atoms with Crippen LogP contribution in [0.5, 0.6) is 0 Å². The van der Waals surface area contributed by atoms with E-state index in [4.69, 9.17) is 5.73 Å². The lowest BCUT2D eigenvalue weighted by atomic mass is 10.1.